The Kier molecular flexibility index (Phi) is 4.72. The summed E-state index contributed by atoms with van der Waals surface area (Å²) in [4.78, 5) is 0.971. The van der Waals surface area contributed by atoms with Crippen LogP contribution in [-0.4, -0.2) is 13.5 Å². The molecule has 0 unspecified atom stereocenters. The molecule has 0 radical (unpaired) electrons. The number of nitrogens with one attached hydrogen (secondary N) is 1. The zero-order chi connectivity index (χ0) is 15.6. The summed E-state index contributed by atoms with van der Waals surface area (Å²) in [5.41, 5.74) is -0.0127. The summed E-state index contributed by atoms with van der Waals surface area (Å²) >= 11 is 1.40. The number of aryl methyl sites for hydroxylation is 1. The highest BCUT2D eigenvalue weighted by Crippen LogP contribution is 2.21. The Hall–Kier alpha value is -1.35. The molecule has 1 heterocycles. The van der Waals surface area contributed by atoms with Gasteiger partial charge in [0.15, 0.2) is 11.6 Å². The van der Waals surface area contributed by atoms with Gasteiger partial charge < -0.3 is 5.11 Å². The zero-order valence-corrected chi connectivity index (χ0v) is 12.7. The van der Waals surface area contributed by atoms with Gasteiger partial charge >= 0.3 is 0 Å². The Balaban J connectivity index is 2.29. The molecule has 0 atom stereocenters. The average molecular weight is 333 g/mol. The summed E-state index contributed by atoms with van der Waals surface area (Å²) < 4.78 is 53.4. The van der Waals surface area contributed by atoms with Gasteiger partial charge in [-0.3, -0.25) is 0 Å². The molecule has 8 heteroatoms. The van der Waals surface area contributed by atoms with E-state index in [0.29, 0.717) is 0 Å². The molecule has 0 aliphatic carbocycles. The Morgan fingerprint density at radius 2 is 2.00 bits per heavy atom. The fraction of sp³-hybridized carbons (Fsp3) is 0.231. The van der Waals surface area contributed by atoms with Gasteiger partial charge in [-0.15, -0.1) is 11.3 Å². The van der Waals surface area contributed by atoms with Crippen LogP contribution in [0.1, 0.15) is 15.3 Å². The highest BCUT2D eigenvalue weighted by atomic mass is 32.2. The van der Waals surface area contributed by atoms with E-state index in [9.17, 15) is 17.2 Å². The topological polar surface area (TPSA) is 66.4 Å². The van der Waals surface area contributed by atoms with Crippen LogP contribution in [0.25, 0.3) is 0 Å². The van der Waals surface area contributed by atoms with Gasteiger partial charge in [0.25, 0.3) is 0 Å². The van der Waals surface area contributed by atoms with Crippen LogP contribution in [-0.2, 0) is 23.2 Å². The molecule has 21 heavy (non-hydrogen) atoms. The highest BCUT2D eigenvalue weighted by Gasteiger charge is 2.23. The Morgan fingerprint density at radius 1 is 1.29 bits per heavy atom. The van der Waals surface area contributed by atoms with Crippen LogP contribution in [0.2, 0.25) is 0 Å². The van der Waals surface area contributed by atoms with Gasteiger partial charge in [-0.25, -0.2) is 21.9 Å². The third-order valence-electron chi connectivity index (χ3n) is 2.76. The van der Waals surface area contributed by atoms with Crippen molar-refractivity contribution in [2.45, 2.75) is 25.0 Å². The van der Waals surface area contributed by atoms with Crippen LogP contribution in [0.4, 0.5) is 8.78 Å². The highest BCUT2D eigenvalue weighted by molar-refractivity contribution is 7.89. The number of aliphatic hydroxyl groups is 1. The number of benzene rings is 1. The number of rotatable bonds is 5. The summed E-state index contributed by atoms with van der Waals surface area (Å²) in [6.07, 6.45) is 0. The third kappa shape index (κ3) is 3.65. The van der Waals surface area contributed by atoms with Crippen LogP contribution in [0, 0.1) is 18.6 Å². The maximum Gasteiger partial charge on any atom is 0.243 e. The lowest BCUT2D eigenvalue weighted by atomic mass is 10.2. The quantitative estimate of drug-likeness (QED) is 0.882. The summed E-state index contributed by atoms with van der Waals surface area (Å²) in [7, 11) is -4.20. The van der Waals surface area contributed by atoms with E-state index in [4.69, 9.17) is 5.11 Å². The lowest BCUT2D eigenvalue weighted by Crippen LogP contribution is -2.24. The first-order valence-corrected chi connectivity index (χ1v) is 8.27. The van der Waals surface area contributed by atoms with Crippen molar-refractivity contribution >= 4 is 21.4 Å². The molecule has 0 saturated heterocycles. The molecule has 114 valence electrons. The van der Waals surface area contributed by atoms with Crippen LogP contribution >= 0.6 is 11.3 Å². The maximum atomic E-state index is 13.7. The Morgan fingerprint density at radius 3 is 2.57 bits per heavy atom. The van der Waals surface area contributed by atoms with E-state index in [2.05, 4.69) is 4.72 Å². The molecule has 2 aromatic rings. The SMILES string of the molecule is Cc1ccc(CNS(=O)(=O)c2cc(CO)cc(F)c2F)s1. The molecule has 0 spiro atoms. The first kappa shape index (κ1) is 16.0. The van der Waals surface area contributed by atoms with Crippen molar-refractivity contribution in [1.82, 2.24) is 4.72 Å². The standard InChI is InChI=1S/C13H13F2NO3S2/c1-8-2-3-10(20-8)6-16-21(18,19)12-5-9(7-17)4-11(14)13(12)15/h2-5,16-17H,6-7H2,1H3. The predicted octanol–water partition coefficient (Wildman–Crippen LogP) is 2.31. The second-order valence-corrected chi connectivity index (χ2v) is 7.49. The van der Waals surface area contributed by atoms with E-state index in [-0.39, 0.29) is 12.1 Å². The van der Waals surface area contributed by atoms with Crippen molar-refractivity contribution in [2.75, 3.05) is 0 Å². The van der Waals surface area contributed by atoms with Crippen LogP contribution < -0.4 is 4.72 Å². The van der Waals surface area contributed by atoms with E-state index in [1.807, 2.05) is 13.0 Å². The smallest absolute Gasteiger partial charge is 0.243 e. The first-order chi connectivity index (χ1) is 9.83. The zero-order valence-electron chi connectivity index (χ0n) is 11.1. The van der Waals surface area contributed by atoms with Gasteiger partial charge in [0.1, 0.15) is 4.90 Å². The molecule has 0 aliphatic heterocycles. The summed E-state index contributed by atoms with van der Waals surface area (Å²) in [6.45, 7) is 1.29. The van der Waals surface area contributed by atoms with Crippen LogP contribution in [0.3, 0.4) is 0 Å². The second-order valence-electron chi connectivity index (χ2n) is 4.38. The second kappa shape index (κ2) is 6.18. The Bertz CT molecular complexity index is 757. The molecule has 1 aromatic carbocycles. The molecule has 4 nitrogen and oxygen atoms in total. The minimum Gasteiger partial charge on any atom is -0.392 e. The fourth-order valence-electron chi connectivity index (χ4n) is 1.73. The molecular weight excluding hydrogens is 320 g/mol. The van der Waals surface area contributed by atoms with Crippen molar-refractivity contribution < 1.29 is 22.3 Å². The van der Waals surface area contributed by atoms with Crippen molar-refractivity contribution in [1.29, 1.82) is 0 Å². The third-order valence-corrected chi connectivity index (χ3v) is 5.16. The van der Waals surface area contributed by atoms with E-state index >= 15 is 0 Å². The number of aliphatic hydroxyl groups excluding tert-OH is 1. The number of thiophene rings is 1. The van der Waals surface area contributed by atoms with E-state index in [0.717, 1.165) is 21.9 Å². The van der Waals surface area contributed by atoms with Crippen molar-refractivity contribution in [3.63, 3.8) is 0 Å². The number of halogens is 2. The maximum absolute atomic E-state index is 13.7. The molecule has 0 saturated carbocycles. The normalized spacial score (nSPS) is 11.8. The average Bonchev–Trinajstić information content (AvgIpc) is 2.85. The van der Waals surface area contributed by atoms with Gasteiger partial charge in [-0.1, -0.05) is 0 Å². The molecule has 2 N–H and O–H groups in total. The first-order valence-electron chi connectivity index (χ1n) is 5.97. The summed E-state index contributed by atoms with van der Waals surface area (Å²) in [5, 5.41) is 8.95. The number of sulfonamides is 1. The van der Waals surface area contributed by atoms with Gasteiger partial charge in [0.05, 0.1) is 6.61 Å². The largest absolute Gasteiger partial charge is 0.392 e. The Labute approximate surface area is 125 Å². The van der Waals surface area contributed by atoms with E-state index < -0.39 is 33.2 Å². The predicted molar refractivity (Wildman–Crippen MR) is 75.4 cm³/mol. The van der Waals surface area contributed by atoms with E-state index in [1.54, 1.807) is 6.07 Å². The van der Waals surface area contributed by atoms with Crippen molar-refractivity contribution in [2.24, 2.45) is 0 Å². The van der Waals surface area contributed by atoms with Gasteiger partial charge in [-0.05, 0) is 36.8 Å². The fourth-order valence-corrected chi connectivity index (χ4v) is 3.79. The number of hydrogen-bond donors (Lipinski definition) is 2. The van der Waals surface area contributed by atoms with Crippen LogP contribution in [0.15, 0.2) is 29.2 Å². The summed E-state index contributed by atoms with van der Waals surface area (Å²) in [5.74, 6) is -2.77. The van der Waals surface area contributed by atoms with Gasteiger partial charge in [0.2, 0.25) is 10.0 Å². The molecule has 0 aliphatic rings. The molecule has 0 bridgehead atoms. The monoisotopic (exact) mass is 333 g/mol. The van der Waals surface area contributed by atoms with Crippen molar-refractivity contribution in [3.05, 3.63) is 51.2 Å². The summed E-state index contributed by atoms with van der Waals surface area (Å²) in [6, 6.07) is 5.27. The molecule has 2 rings (SSSR count). The lowest BCUT2D eigenvalue weighted by Gasteiger charge is -2.09. The van der Waals surface area contributed by atoms with Crippen molar-refractivity contribution in [3.8, 4) is 0 Å². The number of hydrogen-bond acceptors (Lipinski definition) is 4. The molecule has 0 amide bonds. The molecule has 0 fully saturated rings. The van der Waals surface area contributed by atoms with Crippen LogP contribution in [0.5, 0.6) is 0 Å². The molecular formula is C13H13F2NO3S2. The van der Waals surface area contributed by atoms with Gasteiger partial charge in [-0.2, -0.15) is 0 Å². The van der Waals surface area contributed by atoms with Gasteiger partial charge in [0, 0.05) is 16.3 Å². The lowest BCUT2D eigenvalue weighted by molar-refractivity contribution is 0.280. The molecule has 1 aromatic heterocycles. The minimum atomic E-state index is -4.20. The minimum absolute atomic E-state index is 0.00868. The van der Waals surface area contributed by atoms with E-state index in [1.165, 1.54) is 11.3 Å².